The Labute approximate surface area is 181 Å². The Hall–Kier alpha value is -4.18. The number of rotatable bonds is 5. The van der Waals surface area contributed by atoms with Crippen LogP contribution in [0.3, 0.4) is 0 Å². The van der Waals surface area contributed by atoms with E-state index in [0.717, 1.165) is 5.56 Å². The van der Waals surface area contributed by atoms with E-state index in [4.69, 9.17) is 10.7 Å². The number of benzene rings is 1. The number of aromatic nitrogens is 7. The number of nitrogens with zero attached hydrogens (tertiary/aromatic N) is 6. The van der Waals surface area contributed by atoms with Crippen LogP contribution < -0.4 is 5.73 Å². The first-order valence-corrected chi connectivity index (χ1v) is 9.87. The van der Waals surface area contributed by atoms with Crippen molar-refractivity contribution in [3.8, 4) is 22.5 Å². The van der Waals surface area contributed by atoms with E-state index in [1.54, 1.807) is 41.5 Å². The summed E-state index contributed by atoms with van der Waals surface area (Å²) < 4.78 is 15.2. The van der Waals surface area contributed by atoms with Gasteiger partial charge < -0.3 is 15.8 Å². The molecule has 0 radical (unpaired) electrons. The van der Waals surface area contributed by atoms with E-state index in [2.05, 4.69) is 25.0 Å². The van der Waals surface area contributed by atoms with Gasteiger partial charge in [-0.05, 0) is 23.8 Å². The number of hydrogen-bond acceptors (Lipinski definition) is 7. The minimum Gasteiger partial charge on any atom is -0.388 e. The Kier molecular flexibility index (Phi) is 4.83. The van der Waals surface area contributed by atoms with Crippen molar-refractivity contribution in [2.24, 2.45) is 7.05 Å². The monoisotopic (exact) mass is 430 g/mol. The van der Waals surface area contributed by atoms with Gasteiger partial charge in [0, 0.05) is 42.7 Å². The van der Waals surface area contributed by atoms with Crippen molar-refractivity contribution in [3.05, 3.63) is 72.2 Å². The molecule has 0 saturated carbocycles. The van der Waals surface area contributed by atoms with Crippen molar-refractivity contribution < 1.29 is 9.50 Å². The fourth-order valence-electron chi connectivity index (χ4n) is 3.57. The first-order chi connectivity index (χ1) is 15.5. The molecule has 0 spiro atoms. The molecule has 1 unspecified atom stereocenters. The van der Waals surface area contributed by atoms with E-state index >= 15 is 0 Å². The van der Waals surface area contributed by atoms with E-state index in [9.17, 15) is 9.50 Å². The van der Waals surface area contributed by atoms with Crippen LogP contribution in [0.4, 0.5) is 10.3 Å². The molecule has 4 N–H and O–H groups in total. The summed E-state index contributed by atoms with van der Waals surface area (Å²) in [6.45, 7) is 0. The first kappa shape index (κ1) is 19.8. The first-order valence-electron chi connectivity index (χ1n) is 9.87. The van der Waals surface area contributed by atoms with E-state index < -0.39 is 11.9 Å². The maximum absolute atomic E-state index is 13.5. The molecule has 4 heterocycles. The van der Waals surface area contributed by atoms with E-state index in [0.29, 0.717) is 39.4 Å². The summed E-state index contributed by atoms with van der Waals surface area (Å²) in [6, 6.07) is 7.58. The molecule has 0 aliphatic carbocycles. The van der Waals surface area contributed by atoms with Crippen molar-refractivity contribution in [2.75, 3.05) is 5.73 Å². The molecule has 160 valence electrons. The summed E-state index contributed by atoms with van der Waals surface area (Å²) in [5.74, 6) is -0.346. The molecule has 4 aromatic heterocycles. The molecule has 0 aliphatic rings. The van der Waals surface area contributed by atoms with Crippen molar-refractivity contribution in [1.82, 2.24) is 34.7 Å². The zero-order valence-electron chi connectivity index (χ0n) is 17.1. The smallest absolute Gasteiger partial charge is 0.220 e. The van der Waals surface area contributed by atoms with Crippen molar-refractivity contribution in [3.63, 3.8) is 0 Å². The number of aliphatic hydroxyl groups excluding tert-OH is 1. The third-order valence-corrected chi connectivity index (χ3v) is 5.09. The quantitative estimate of drug-likeness (QED) is 0.391. The van der Waals surface area contributed by atoms with Crippen LogP contribution in [0.5, 0.6) is 0 Å². The number of fused-ring (bicyclic) bond motifs is 1. The minimum atomic E-state index is -0.937. The zero-order chi connectivity index (χ0) is 22.2. The zero-order valence-corrected chi connectivity index (χ0v) is 17.1. The van der Waals surface area contributed by atoms with E-state index in [1.165, 1.54) is 12.1 Å². The lowest BCUT2D eigenvalue weighted by Crippen LogP contribution is -2.07. The molecule has 0 amide bonds. The number of aryl methyl sites for hydroxylation is 1. The Morgan fingerprint density at radius 1 is 1.16 bits per heavy atom. The molecule has 1 atom stereocenters. The molecular weight excluding hydrogens is 411 g/mol. The molecular formula is C22H19FN8O. The van der Waals surface area contributed by atoms with Gasteiger partial charge in [0.2, 0.25) is 5.95 Å². The van der Waals surface area contributed by atoms with Gasteiger partial charge in [-0.2, -0.15) is 5.10 Å². The van der Waals surface area contributed by atoms with Crippen LogP contribution in [-0.4, -0.2) is 39.8 Å². The Morgan fingerprint density at radius 2 is 2.03 bits per heavy atom. The third-order valence-electron chi connectivity index (χ3n) is 5.09. The van der Waals surface area contributed by atoms with E-state index in [1.807, 2.05) is 13.2 Å². The maximum Gasteiger partial charge on any atom is 0.220 e. The number of aromatic amines is 1. The molecule has 9 nitrogen and oxygen atoms in total. The molecule has 10 heteroatoms. The predicted octanol–water partition coefficient (Wildman–Crippen LogP) is 2.81. The molecule has 5 rings (SSSR count). The number of nitrogens with two attached hydrogens (primary N) is 1. The summed E-state index contributed by atoms with van der Waals surface area (Å²) >= 11 is 0. The molecule has 0 saturated heterocycles. The highest BCUT2D eigenvalue weighted by Crippen LogP contribution is 2.29. The van der Waals surface area contributed by atoms with Crippen LogP contribution in [0.2, 0.25) is 0 Å². The van der Waals surface area contributed by atoms with Crippen LogP contribution in [0.1, 0.15) is 17.4 Å². The second kappa shape index (κ2) is 7.82. The van der Waals surface area contributed by atoms with Crippen molar-refractivity contribution in [2.45, 2.75) is 12.5 Å². The topological polar surface area (TPSA) is 131 Å². The summed E-state index contributed by atoms with van der Waals surface area (Å²) in [5, 5.41) is 14.7. The average Bonchev–Trinajstić information content (AvgIpc) is 3.39. The van der Waals surface area contributed by atoms with E-state index in [-0.39, 0.29) is 12.4 Å². The molecule has 0 aliphatic heterocycles. The Morgan fingerprint density at radius 3 is 2.81 bits per heavy atom. The van der Waals surface area contributed by atoms with Gasteiger partial charge >= 0.3 is 0 Å². The van der Waals surface area contributed by atoms with Crippen LogP contribution in [0.25, 0.3) is 33.7 Å². The lowest BCUT2D eigenvalue weighted by atomic mass is 10.0. The molecule has 0 fully saturated rings. The van der Waals surface area contributed by atoms with Crippen molar-refractivity contribution >= 4 is 17.1 Å². The van der Waals surface area contributed by atoms with Crippen LogP contribution in [-0.2, 0) is 13.5 Å². The minimum absolute atomic E-state index is 0.0645. The molecule has 32 heavy (non-hydrogen) atoms. The number of H-pyrrole nitrogens is 1. The Balaban J connectivity index is 1.51. The lowest BCUT2D eigenvalue weighted by molar-refractivity contribution is 0.177. The SMILES string of the molecule is Cn1cc(-c2cnc3[nH]cc(-c4cc(CC(O)c5cccc(F)c5)nc(N)n4)c3n2)cn1. The van der Waals surface area contributed by atoms with Gasteiger partial charge in [-0.1, -0.05) is 12.1 Å². The molecule has 0 bridgehead atoms. The van der Waals surface area contributed by atoms with Gasteiger partial charge in [0.25, 0.3) is 0 Å². The number of hydrogen-bond donors (Lipinski definition) is 3. The third kappa shape index (κ3) is 3.79. The highest BCUT2D eigenvalue weighted by atomic mass is 19.1. The number of anilines is 1. The van der Waals surface area contributed by atoms with Crippen LogP contribution in [0, 0.1) is 5.82 Å². The summed E-state index contributed by atoms with van der Waals surface area (Å²) in [7, 11) is 1.83. The van der Waals surface area contributed by atoms with Gasteiger partial charge in [0.15, 0.2) is 5.65 Å². The normalized spacial score (nSPS) is 12.3. The Bertz CT molecular complexity index is 1430. The van der Waals surface area contributed by atoms with Gasteiger partial charge in [-0.15, -0.1) is 0 Å². The van der Waals surface area contributed by atoms with Crippen LogP contribution >= 0.6 is 0 Å². The fourth-order valence-corrected chi connectivity index (χ4v) is 3.57. The van der Waals surface area contributed by atoms with Gasteiger partial charge in [0.1, 0.15) is 11.3 Å². The standard InChI is InChI=1S/C22H19FN8O/c1-31-11-13(8-27-31)18-10-26-21-20(29-18)16(9-25-21)17-6-15(28-22(24)30-17)7-19(32)12-3-2-4-14(23)5-12/h2-6,8-11,19,32H,7H2,1H3,(H,25,26)(H2,24,28,30). The summed E-state index contributed by atoms with van der Waals surface area (Å²) in [4.78, 5) is 20.9. The largest absolute Gasteiger partial charge is 0.388 e. The van der Waals surface area contributed by atoms with Crippen LogP contribution in [0.15, 0.2) is 55.1 Å². The summed E-state index contributed by atoms with van der Waals surface area (Å²) in [5.41, 5.74) is 10.9. The number of halogens is 1. The van der Waals surface area contributed by atoms with Crippen molar-refractivity contribution in [1.29, 1.82) is 0 Å². The van der Waals surface area contributed by atoms with Gasteiger partial charge in [-0.25, -0.2) is 24.3 Å². The maximum atomic E-state index is 13.5. The summed E-state index contributed by atoms with van der Waals surface area (Å²) in [6.07, 6.45) is 6.22. The second-order valence-electron chi connectivity index (χ2n) is 7.44. The second-order valence-corrected chi connectivity index (χ2v) is 7.44. The number of nitrogen functional groups attached to an aromatic ring is 1. The predicted molar refractivity (Wildman–Crippen MR) is 117 cm³/mol. The number of nitrogens with one attached hydrogen (secondary N) is 1. The highest BCUT2D eigenvalue weighted by Gasteiger charge is 2.16. The number of aliphatic hydroxyl groups is 1. The highest BCUT2D eigenvalue weighted by molar-refractivity contribution is 5.90. The van der Waals surface area contributed by atoms with Gasteiger partial charge in [0.05, 0.1) is 29.9 Å². The van der Waals surface area contributed by atoms with Gasteiger partial charge in [-0.3, -0.25) is 4.68 Å². The lowest BCUT2D eigenvalue weighted by Gasteiger charge is -2.12. The average molecular weight is 430 g/mol. The molecule has 1 aromatic carbocycles. The fraction of sp³-hybridized carbons (Fsp3) is 0.136. The molecule has 5 aromatic rings.